The van der Waals surface area contributed by atoms with Crippen molar-refractivity contribution in [3.63, 3.8) is 0 Å². The Morgan fingerprint density at radius 1 is 1.00 bits per heavy atom. The quantitative estimate of drug-likeness (QED) is 0.809. The van der Waals surface area contributed by atoms with Crippen molar-refractivity contribution >= 4 is 10.0 Å². The van der Waals surface area contributed by atoms with Crippen LogP contribution in [0.25, 0.3) is 0 Å². The summed E-state index contributed by atoms with van der Waals surface area (Å²) < 4.78 is 62.2. The summed E-state index contributed by atoms with van der Waals surface area (Å²) in [5.41, 5.74) is 0. The van der Waals surface area contributed by atoms with E-state index in [0.717, 1.165) is 12.8 Å². The van der Waals surface area contributed by atoms with Gasteiger partial charge in [-0.2, -0.15) is 13.2 Å². The average Bonchev–Trinajstić information content (AvgIpc) is 2.48. The van der Waals surface area contributed by atoms with Crippen LogP contribution in [0.4, 0.5) is 13.2 Å². The van der Waals surface area contributed by atoms with Crippen LogP contribution < -0.4 is 5.32 Å². The van der Waals surface area contributed by atoms with E-state index in [-0.39, 0.29) is 17.8 Å². The first-order valence-corrected chi connectivity index (χ1v) is 9.83. The molecule has 2 saturated heterocycles. The van der Waals surface area contributed by atoms with Crippen LogP contribution in [0.2, 0.25) is 0 Å². The second-order valence-electron chi connectivity index (χ2n) is 6.41. The Hall–Kier alpha value is -0.380. The Morgan fingerprint density at radius 3 is 1.91 bits per heavy atom. The van der Waals surface area contributed by atoms with Crippen LogP contribution in [0.15, 0.2) is 0 Å². The first-order chi connectivity index (χ1) is 10.7. The molecule has 2 aliphatic heterocycles. The number of hydrogen-bond acceptors (Lipinski definition) is 4. The van der Waals surface area contributed by atoms with Gasteiger partial charge in [-0.3, -0.25) is 4.90 Å². The first kappa shape index (κ1) is 19.0. The molecule has 0 atom stereocenters. The number of alkyl halides is 3. The molecule has 0 amide bonds. The van der Waals surface area contributed by atoms with E-state index < -0.39 is 22.7 Å². The highest BCUT2D eigenvalue weighted by atomic mass is 32.2. The van der Waals surface area contributed by atoms with Crippen molar-refractivity contribution in [1.82, 2.24) is 14.5 Å². The number of hydrogen-bond donors (Lipinski definition) is 1. The Balaban J connectivity index is 1.70. The normalized spacial score (nSPS) is 24.2. The highest BCUT2D eigenvalue weighted by molar-refractivity contribution is 7.89. The molecule has 0 radical (unpaired) electrons. The molecule has 0 aliphatic carbocycles. The van der Waals surface area contributed by atoms with Crippen molar-refractivity contribution < 1.29 is 21.6 Å². The third kappa shape index (κ3) is 5.88. The molecule has 0 aromatic rings. The molecular weight excluding hydrogens is 331 g/mol. The lowest BCUT2D eigenvalue weighted by atomic mass is 10.0. The standard InChI is InChI=1S/C14H26F3N3O2S/c1-2-23(21,22)20-9-5-13(6-10-20)18-12-3-7-19(8-4-12)11-14(15,16)17/h12-13,18H,2-11H2,1H3. The molecule has 23 heavy (non-hydrogen) atoms. The summed E-state index contributed by atoms with van der Waals surface area (Å²) in [6.07, 6.45) is -1.17. The maximum atomic E-state index is 12.4. The van der Waals surface area contributed by atoms with Crippen molar-refractivity contribution in [2.24, 2.45) is 0 Å². The van der Waals surface area contributed by atoms with Gasteiger partial charge < -0.3 is 5.32 Å². The van der Waals surface area contributed by atoms with E-state index in [4.69, 9.17) is 0 Å². The monoisotopic (exact) mass is 357 g/mol. The Morgan fingerprint density at radius 2 is 1.48 bits per heavy atom. The van der Waals surface area contributed by atoms with Crippen molar-refractivity contribution in [3.8, 4) is 0 Å². The van der Waals surface area contributed by atoms with Crippen LogP contribution in [-0.2, 0) is 10.0 Å². The van der Waals surface area contributed by atoms with Crippen LogP contribution in [0.5, 0.6) is 0 Å². The van der Waals surface area contributed by atoms with Crippen molar-refractivity contribution in [2.75, 3.05) is 38.5 Å². The number of piperidine rings is 2. The molecule has 1 N–H and O–H groups in total. The fourth-order valence-electron chi connectivity index (χ4n) is 3.33. The third-order valence-electron chi connectivity index (χ3n) is 4.67. The van der Waals surface area contributed by atoms with Gasteiger partial charge in [-0.1, -0.05) is 0 Å². The molecule has 2 heterocycles. The van der Waals surface area contributed by atoms with E-state index in [1.54, 1.807) is 6.92 Å². The Kier molecular flexibility index (Phi) is 6.32. The summed E-state index contributed by atoms with van der Waals surface area (Å²) >= 11 is 0. The highest BCUT2D eigenvalue weighted by Crippen LogP contribution is 2.21. The van der Waals surface area contributed by atoms with Gasteiger partial charge in [-0.15, -0.1) is 0 Å². The molecule has 0 aromatic carbocycles. The van der Waals surface area contributed by atoms with E-state index in [9.17, 15) is 21.6 Å². The second kappa shape index (κ2) is 7.67. The molecule has 5 nitrogen and oxygen atoms in total. The molecule has 2 rings (SSSR count). The van der Waals surface area contributed by atoms with Gasteiger partial charge in [0.2, 0.25) is 10.0 Å². The SMILES string of the molecule is CCS(=O)(=O)N1CCC(NC2CCN(CC(F)(F)F)CC2)CC1. The summed E-state index contributed by atoms with van der Waals surface area (Å²) in [5, 5.41) is 3.50. The molecular formula is C14H26F3N3O2S. The van der Waals surface area contributed by atoms with Gasteiger partial charge in [-0.25, -0.2) is 12.7 Å². The summed E-state index contributed by atoms with van der Waals surface area (Å²) in [6, 6.07) is 0.497. The zero-order valence-electron chi connectivity index (χ0n) is 13.5. The van der Waals surface area contributed by atoms with Crippen LogP contribution in [0.3, 0.4) is 0 Å². The number of nitrogens with one attached hydrogen (secondary N) is 1. The highest BCUT2D eigenvalue weighted by Gasteiger charge is 2.33. The zero-order chi connectivity index (χ0) is 17.1. The number of nitrogens with zero attached hydrogens (tertiary/aromatic N) is 2. The van der Waals surface area contributed by atoms with Gasteiger partial charge >= 0.3 is 6.18 Å². The van der Waals surface area contributed by atoms with E-state index in [1.165, 1.54) is 9.21 Å². The number of rotatable bonds is 5. The average molecular weight is 357 g/mol. The van der Waals surface area contributed by atoms with E-state index in [0.29, 0.717) is 39.0 Å². The van der Waals surface area contributed by atoms with E-state index >= 15 is 0 Å². The predicted octanol–water partition coefficient (Wildman–Crippen LogP) is 1.42. The van der Waals surface area contributed by atoms with Crippen LogP contribution in [-0.4, -0.2) is 74.4 Å². The summed E-state index contributed by atoms with van der Waals surface area (Å²) in [5.74, 6) is 0.128. The summed E-state index contributed by atoms with van der Waals surface area (Å²) in [4.78, 5) is 1.45. The van der Waals surface area contributed by atoms with Gasteiger partial charge in [-0.05, 0) is 45.7 Å². The summed E-state index contributed by atoms with van der Waals surface area (Å²) in [7, 11) is -3.11. The first-order valence-electron chi connectivity index (χ1n) is 8.22. The van der Waals surface area contributed by atoms with Crippen LogP contribution in [0.1, 0.15) is 32.6 Å². The van der Waals surface area contributed by atoms with Crippen molar-refractivity contribution in [3.05, 3.63) is 0 Å². The van der Waals surface area contributed by atoms with Crippen molar-refractivity contribution in [1.29, 1.82) is 0 Å². The van der Waals surface area contributed by atoms with Gasteiger partial charge in [0.15, 0.2) is 0 Å². The fourth-order valence-corrected chi connectivity index (χ4v) is 4.46. The zero-order valence-corrected chi connectivity index (χ0v) is 14.3. The van der Waals surface area contributed by atoms with Gasteiger partial charge in [0, 0.05) is 25.2 Å². The maximum Gasteiger partial charge on any atom is 0.401 e. The smallest absolute Gasteiger partial charge is 0.311 e. The second-order valence-corrected chi connectivity index (χ2v) is 8.66. The molecule has 2 fully saturated rings. The number of sulfonamides is 1. The summed E-state index contributed by atoms with van der Waals surface area (Å²) in [6.45, 7) is 2.80. The van der Waals surface area contributed by atoms with Gasteiger partial charge in [0.05, 0.1) is 12.3 Å². The molecule has 0 spiro atoms. The molecule has 0 aromatic heterocycles. The molecule has 0 saturated carbocycles. The molecule has 136 valence electrons. The van der Waals surface area contributed by atoms with E-state index in [1.807, 2.05) is 0 Å². The molecule has 0 bridgehead atoms. The largest absolute Gasteiger partial charge is 0.401 e. The Labute approximate surface area is 136 Å². The van der Waals surface area contributed by atoms with E-state index in [2.05, 4.69) is 5.32 Å². The van der Waals surface area contributed by atoms with Gasteiger partial charge in [0.25, 0.3) is 0 Å². The predicted molar refractivity (Wildman–Crippen MR) is 82.7 cm³/mol. The van der Waals surface area contributed by atoms with Crippen LogP contribution in [0, 0.1) is 0 Å². The lowest BCUT2D eigenvalue weighted by Crippen LogP contribution is -2.51. The number of halogens is 3. The van der Waals surface area contributed by atoms with Crippen molar-refractivity contribution in [2.45, 2.75) is 50.9 Å². The number of likely N-dealkylation sites (tertiary alicyclic amines) is 1. The van der Waals surface area contributed by atoms with Crippen LogP contribution >= 0.6 is 0 Å². The minimum Gasteiger partial charge on any atom is -0.311 e. The molecule has 2 aliphatic rings. The maximum absolute atomic E-state index is 12.4. The molecule has 9 heteroatoms. The molecule has 0 unspecified atom stereocenters. The Bertz CT molecular complexity index is 468. The minimum absolute atomic E-state index is 0.128. The topological polar surface area (TPSA) is 52.7 Å². The lowest BCUT2D eigenvalue weighted by molar-refractivity contribution is -0.148. The lowest BCUT2D eigenvalue weighted by Gasteiger charge is -2.37. The minimum atomic E-state index is -4.13. The third-order valence-corrected chi connectivity index (χ3v) is 6.56. The fraction of sp³-hybridized carbons (Fsp3) is 1.00. The van der Waals surface area contributed by atoms with Gasteiger partial charge in [0.1, 0.15) is 0 Å².